The molecule has 2 aromatic rings. The van der Waals surface area contributed by atoms with E-state index in [1.807, 2.05) is 0 Å². The van der Waals surface area contributed by atoms with Gasteiger partial charge in [-0.05, 0) is 24.6 Å². The minimum atomic E-state index is -4.47. The van der Waals surface area contributed by atoms with Crippen LogP contribution in [0.2, 0.25) is 5.02 Å². The summed E-state index contributed by atoms with van der Waals surface area (Å²) in [5, 5.41) is 0.646. The molecule has 1 aromatic carbocycles. The number of aromatic nitrogens is 1. The Balaban J connectivity index is 2.79. The molecule has 0 aliphatic heterocycles. The van der Waals surface area contributed by atoms with Crippen molar-refractivity contribution in [1.82, 2.24) is 4.98 Å². The maximum atomic E-state index is 12.5. The van der Waals surface area contributed by atoms with Crippen LogP contribution in [0, 0.1) is 6.92 Å². The third-order valence-electron chi connectivity index (χ3n) is 2.28. The van der Waals surface area contributed by atoms with Crippen LogP contribution in [0.3, 0.4) is 0 Å². The van der Waals surface area contributed by atoms with Crippen LogP contribution in [0.5, 0.6) is 0 Å². The van der Waals surface area contributed by atoms with Gasteiger partial charge in [-0.25, -0.2) is 4.98 Å². The predicted octanol–water partition coefficient (Wildman–Crippen LogP) is 4.22. The fraction of sp³-hybridized carbons (Fsp3) is 0.182. The van der Waals surface area contributed by atoms with Crippen molar-refractivity contribution in [1.29, 1.82) is 0 Å². The van der Waals surface area contributed by atoms with E-state index in [9.17, 15) is 13.2 Å². The fourth-order valence-corrected chi connectivity index (χ4v) is 1.90. The maximum Gasteiger partial charge on any atom is 0.433 e. The molecule has 84 valence electrons. The molecule has 0 fully saturated rings. The van der Waals surface area contributed by atoms with Crippen molar-refractivity contribution in [2.75, 3.05) is 0 Å². The molecule has 0 aliphatic carbocycles. The summed E-state index contributed by atoms with van der Waals surface area (Å²) in [5.74, 6) is 0. The molecule has 1 heterocycles. The summed E-state index contributed by atoms with van der Waals surface area (Å²) < 4.78 is 37.4. The number of benzene rings is 1. The first kappa shape index (κ1) is 11.2. The number of hydrogen-bond acceptors (Lipinski definition) is 1. The summed E-state index contributed by atoms with van der Waals surface area (Å²) in [6.45, 7) is 1.78. The van der Waals surface area contributed by atoms with Crippen LogP contribution in [0.15, 0.2) is 24.3 Å². The summed E-state index contributed by atoms with van der Waals surface area (Å²) >= 11 is 5.83. The van der Waals surface area contributed by atoms with E-state index in [0.29, 0.717) is 5.39 Å². The highest BCUT2D eigenvalue weighted by atomic mass is 35.5. The summed E-state index contributed by atoms with van der Waals surface area (Å²) in [5.41, 5.74) is 0.110. The number of alkyl halides is 3. The Morgan fingerprint density at radius 2 is 1.94 bits per heavy atom. The minimum absolute atomic E-state index is 0.0791. The predicted molar refractivity (Wildman–Crippen MR) is 56.5 cm³/mol. The van der Waals surface area contributed by atoms with Crippen LogP contribution in [0.25, 0.3) is 10.9 Å². The van der Waals surface area contributed by atoms with Gasteiger partial charge in [0.15, 0.2) is 0 Å². The summed E-state index contributed by atoms with van der Waals surface area (Å²) in [4.78, 5) is 3.56. The van der Waals surface area contributed by atoms with E-state index >= 15 is 0 Å². The van der Waals surface area contributed by atoms with Crippen molar-refractivity contribution in [2.24, 2.45) is 0 Å². The molecular weight excluding hydrogens is 239 g/mol. The van der Waals surface area contributed by atoms with Crippen molar-refractivity contribution in [3.8, 4) is 0 Å². The van der Waals surface area contributed by atoms with Gasteiger partial charge in [0.05, 0.1) is 10.5 Å². The molecule has 0 atom stereocenters. The zero-order valence-electron chi connectivity index (χ0n) is 8.27. The normalized spacial score (nSPS) is 12.1. The third-order valence-corrected chi connectivity index (χ3v) is 2.58. The van der Waals surface area contributed by atoms with Gasteiger partial charge in [-0.15, -0.1) is 0 Å². The first-order chi connectivity index (χ1) is 7.39. The van der Waals surface area contributed by atoms with Crippen LogP contribution >= 0.6 is 11.6 Å². The Kier molecular flexibility index (Phi) is 2.54. The zero-order chi connectivity index (χ0) is 11.9. The molecule has 2 rings (SSSR count). The lowest BCUT2D eigenvalue weighted by Crippen LogP contribution is -2.08. The number of nitrogens with zero attached hydrogens (tertiary/aromatic N) is 1. The maximum absolute atomic E-state index is 12.5. The second-order valence-electron chi connectivity index (χ2n) is 3.46. The molecule has 1 aromatic heterocycles. The molecule has 0 aliphatic rings. The number of rotatable bonds is 0. The quantitative estimate of drug-likeness (QED) is 0.677. The van der Waals surface area contributed by atoms with Gasteiger partial charge in [-0.3, -0.25) is 0 Å². The van der Waals surface area contributed by atoms with Gasteiger partial charge in [0.2, 0.25) is 0 Å². The van der Waals surface area contributed by atoms with E-state index < -0.39 is 11.9 Å². The molecular formula is C11H7ClF3N. The van der Waals surface area contributed by atoms with Gasteiger partial charge < -0.3 is 0 Å². The van der Waals surface area contributed by atoms with E-state index in [4.69, 9.17) is 11.6 Å². The number of fused-ring (bicyclic) bond motifs is 1. The number of aryl methyl sites for hydroxylation is 1. The minimum Gasteiger partial charge on any atom is -0.243 e. The summed E-state index contributed by atoms with van der Waals surface area (Å²) in [7, 11) is 0. The molecule has 0 saturated heterocycles. The Labute approximate surface area is 94.9 Å². The third kappa shape index (κ3) is 1.85. The van der Waals surface area contributed by atoms with E-state index in [1.54, 1.807) is 19.1 Å². The SMILES string of the molecule is Cc1cccc2nc(C(F)(F)F)cc(Cl)c12. The lowest BCUT2D eigenvalue weighted by atomic mass is 10.1. The fourth-order valence-electron chi connectivity index (χ4n) is 1.56. The lowest BCUT2D eigenvalue weighted by Gasteiger charge is -2.09. The molecule has 0 saturated carbocycles. The first-order valence-corrected chi connectivity index (χ1v) is 4.90. The summed E-state index contributed by atoms with van der Waals surface area (Å²) in [6, 6.07) is 5.81. The molecule has 0 unspecified atom stereocenters. The van der Waals surface area contributed by atoms with Crippen LogP contribution in [0.1, 0.15) is 11.3 Å². The summed E-state index contributed by atoms with van der Waals surface area (Å²) in [6.07, 6.45) is -4.47. The van der Waals surface area contributed by atoms with Crippen molar-refractivity contribution < 1.29 is 13.2 Å². The highest BCUT2D eigenvalue weighted by Crippen LogP contribution is 2.33. The molecule has 5 heteroatoms. The molecule has 16 heavy (non-hydrogen) atoms. The van der Waals surface area contributed by atoms with Gasteiger partial charge in [0.1, 0.15) is 5.69 Å². The number of halogens is 4. The Hall–Kier alpha value is -1.29. The number of pyridine rings is 1. The van der Waals surface area contributed by atoms with Crippen LogP contribution in [-0.2, 0) is 6.18 Å². The van der Waals surface area contributed by atoms with Gasteiger partial charge in [0.25, 0.3) is 0 Å². The van der Waals surface area contributed by atoms with E-state index in [2.05, 4.69) is 4.98 Å². The zero-order valence-corrected chi connectivity index (χ0v) is 9.02. The largest absolute Gasteiger partial charge is 0.433 e. The molecule has 1 nitrogen and oxygen atoms in total. The monoisotopic (exact) mass is 245 g/mol. The second kappa shape index (κ2) is 3.63. The highest BCUT2D eigenvalue weighted by molar-refractivity contribution is 6.35. The molecule has 0 N–H and O–H groups in total. The smallest absolute Gasteiger partial charge is 0.243 e. The van der Waals surface area contributed by atoms with E-state index in [1.165, 1.54) is 6.07 Å². The Bertz CT molecular complexity index is 549. The van der Waals surface area contributed by atoms with Crippen molar-refractivity contribution >= 4 is 22.5 Å². The number of hydrogen-bond donors (Lipinski definition) is 0. The van der Waals surface area contributed by atoms with Gasteiger partial charge in [-0.1, -0.05) is 23.7 Å². The molecule has 0 bridgehead atoms. The van der Waals surface area contributed by atoms with E-state index in [-0.39, 0.29) is 10.5 Å². The van der Waals surface area contributed by atoms with Crippen molar-refractivity contribution in [3.05, 3.63) is 40.5 Å². The van der Waals surface area contributed by atoms with E-state index in [0.717, 1.165) is 11.6 Å². The van der Waals surface area contributed by atoms with Gasteiger partial charge in [0, 0.05) is 5.39 Å². The lowest BCUT2D eigenvalue weighted by molar-refractivity contribution is -0.140. The Morgan fingerprint density at radius 1 is 1.25 bits per heavy atom. The van der Waals surface area contributed by atoms with Crippen LogP contribution in [-0.4, -0.2) is 4.98 Å². The van der Waals surface area contributed by atoms with Crippen LogP contribution < -0.4 is 0 Å². The first-order valence-electron chi connectivity index (χ1n) is 4.52. The topological polar surface area (TPSA) is 12.9 Å². The molecule has 0 spiro atoms. The highest BCUT2D eigenvalue weighted by Gasteiger charge is 2.33. The molecule has 0 amide bonds. The second-order valence-corrected chi connectivity index (χ2v) is 3.86. The standard InChI is InChI=1S/C11H7ClF3N/c1-6-3-2-4-8-10(6)7(12)5-9(16-8)11(13,14)15/h2-5H,1H3. The van der Waals surface area contributed by atoms with Crippen molar-refractivity contribution in [2.45, 2.75) is 13.1 Å². The van der Waals surface area contributed by atoms with Gasteiger partial charge in [-0.2, -0.15) is 13.2 Å². The average molecular weight is 246 g/mol. The van der Waals surface area contributed by atoms with Gasteiger partial charge >= 0.3 is 6.18 Å². The van der Waals surface area contributed by atoms with Crippen molar-refractivity contribution in [3.63, 3.8) is 0 Å². The average Bonchev–Trinajstić information content (AvgIpc) is 2.15. The Morgan fingerprint density at radius 3 is 2.56 bits per heavy atom. The van der Waals surface area contributed by atoms with Crippen LogP contribution in [0.4, 0.5) is 13.2 Å². The molecule has 0 radical (unpaired) electrons.